The van der Waals surface area contributed by atoms with E-state index in [1.165, 1.54) is 6.07 Å². The fourth-order valence-electron chi connectivity index (χ4n) is 1.99. The first-order valence-electron chi connectivity index (χ1n) is 5.48. The Hall–Kier alpha value is -2.80. The summed E-state index contributed by atoms with van der Waals surface area (Å²) in [5.74, 6) is 0. The molecule has 3 rings (SSSR count). The number of hydrogen-bond acceptors (Lipinski definition) is 2. The second-order valence-electron chi connectivity index (χ2n) is 3.98. The number of aromatic amines is 1. The Kier molecular flexibility index (Phi) is 2.24. The molecule has 2 heterocycles. The summed E-state index contributed by atoms with van der Waals surface area (Å²) in [4.78, 5) is 14.0. The molecule has 0 amide bonds. The van der Waals surface area contributed by atoms with Gasteiger partial charge in [-0.1, -0.05) is 0 Å². The van der Waals surface area contributed by atoms with Crippen LogP contribution in [-0.4, -0.2) is 9.55 Å². The molecule has 3 aromatic rings. The molecule has 0 aliphatic rings. The Bertz CT molecular complexity index is 807. The van der Waals surface area contributed by atoms with E-state index < -0.39 is 0 Å². The number of benzene rings is 1. The minimum Gasteiger partial charge on any atom is -0.323 e. The van der Waals surface area contributed by atoms with E-state index in [1.807, 2.05) is 35.2 Å². The van der Waals surface area contributed by atoms with Crippen LogP contribution in [0.15, 0.2) is 53.6 Å². The van der Waals surface area contributed by atoms with Gasteiger partial charge in [-0.3, -0.25) is 4.79 Å². The molecule has 4 nitrogen and oxygen atoms in total. The number of nitriles is 1. The highest BCUT2D eigenvalue weighted by Crippen LogP contribution is 2.20. The Morgan fingerprint density at radius 3 is 2.67 bits per heavy atom. The smallest absolute Gasteiger partial charge is 0.248 e. The summed E-state index contributed by atoms with van der Waals surface area (Å²) in [5.41, 5.74) is 1.85. The molecule has 0 bridgehead atoms. The number of pyridine rings is 1. The molecule has 86 valence electrons. The van der Waals surface area contributed by atoms with Gasteiger partial charge in [0, 0.05) is 29.4 Å². The highest BCUT2D eigenvalue weighted by atomic mass is 16.1. The average Bonchev–Trinajstić information content (AvgIpc) is 2.90. The fraction of sp³-hybridized carbons (Fsp3) is 0. The van der Waals surface area contributed by atoms with Crippen LogP contribution in [0.2, 0.25) is 0 Å². The minimum atomic E-state index is -0.167. The van der Waals surface area contributed by atoms with Gasteiger partial charge in [0.25, 0.3) is 0 Å². The van der Waals surface area contributed by atoms with E-state index in [-0.39, 0.29) is 5.56 Å². The first-order valence-corrected chi connectivity index (χ1v) is 5.48. The van der Waals surface area contributed by atoms with Gasteiger partial charge < -0.3 is 9.55 Å². The lowest BCUT2D eigenvalue weighted by Gasteiger charge is -2.07. The molecule has 0 unspecified atom stereocenters. The molecule has 0 saturated heterocycles. The second-order valence-corrected chi connectivity index (χ2v) is 3.98. The standard InChI is InChI=1S/C14H9N3O/c15-9-11-7-12-10(3-4-14(18)16-12)8-13(11)17-5-1-2-6-17/h1-8H,(H,16,18). The van der Waals surface area contributed by atoms with Crippen molar-refractivity contribution in [3.05, 3.63) is 64.7 Å². The van der Waals surface area contributed by atoms with Crippen LogP contribution in [0.25, 0.3) is 16.6 Å². The molecule has 0 aliphatic carbocycles. The normalized spacial score (nSPS) is 10.4. The predicted molar refractivity (Wildman–Crippen MR) is 68.6 cm³/mol. The topological polar surface area (TPSA) is 61.6 Å². The van der Waals surface area contributed by atoms with Crippen molar-refractivity contribution in [2.24, 2.45) is 0 Å². The zero-order chi connectivity index (χ0) is 12.5. The third-order valence-electron chi connectivity index (χ3n) is 2.84. The lowest BCUT2D eigenvalue weighted by Crippen LogP contribution is -2.03. The van der Waals surface area contributed by atoms with E-state index in [0.717, 1.165) is 11.1 Å². The van der Waals surface area contributed by atoms with Crippen LogP contribution in [-0.2, 0) is 0 Å². The molecule has 18 heavy (non-hydrogen) atoms. The SMILES string of the molecule is N#Cc1cc2[nH]c(=O)ccc2cc1-n1cccc1. The van der Waals surface area contributed by atoms with Gasteiger partial charge in [-0.25, -0.2) is 0 Å². The van der Waals surface area contributed by atoms with Crippen molar-refractivity contribution in [2.45, 2.75) is 0 Å². The molecule has 0 spiro atoms. The number of aromatic nitrogens is 2. The van der Waals surface area contributed by atoms with E-state index in [2.05, 4.69) is 11.1 Å². The summed E-state index contributed by atoms with van der Waals surface area (Å²) in [7, 11) is 0. The lowest BCUT2D eigenvalue weighted by atomic mass is 10.1. The number of nitrogens with zero attached hydrogens (tertiary/aromatic N) is 2. The maximum absolute atomic E-state index is 11.3. The van der Waals surface area contributed by atoms with Crippen LogP contribution in [0.4, 0.5) is 0 Å². The van der Waals surface area contributed by atoms with E-state index in [0.29, 0.717) is 11.1 Å². The van der Waals surface area contributed by atoms with E-state index in [4.69, 9.17) is 0 Å². The summed E-state index contributed by atoms with van der Waals surface area (Å²) in [6, 6.07) is 12.8. The first-order chi connectivity index (χ1) is 8.78. The summed E-state index contributed by atoms with van der Waals surface area (Å²) in [6.45, 7) is 0. The molecule has 0 radical (unpaired) electrons. The molecule has 4 heteroatoms. The van der Waals surface area contributed by atoms with Crippen molar-refractivity contribution in [2.75, 3.05) is 0 Å². The molecule has 0 saturated carbocycles. The van der Waals surface area contributed by atoms with Gasteiger partial charge >= 0.3 is 0 Å². The van der Waals surface area contributed by atoms with Gasteiger partial charge in [-0.15, -0.1) is 0 Å². The van der Waals surface area contributed by atoms with E-state index >= 15 is 0 Å². The molecular formula is C14H9N3O. The van der Waals surface area contributed by atoms with Crippen LogP contribution in [0.5, 0.6) is 0 Å². The highest BCUT2D eigenvalue weighted by molar-refractivity contribution is 5.83. The molecule has 1 N–H and O–H groups in total. The maximum atomic E-state index is 11.3. The average molecular weight is 235 g/mol. The summed E-state index contributed by atoms with van der Waals surface area (Å²) < 4.78 is 1.88. The predicted octanol–water partition coefficient (Wildman–Crippen LogP) is 2.19. The van der Waals surface area contributed by atoms with E-state index in [9.17, 15) is 10.1 Å². The molecule has 0 aliphatic heterocycles. The number of H-pyrrole nitrogens is 1. The molecule has 0 fully saturated rings. The van der Waals surface area contributed by atoms with Gasteiger partial charge in [0.05, 0.1) is 11.3 Å². The lowest BCUT2D eigenvalue weighted by molar-refractivity contribution is 1.07. The van der Waals surface area contributed by atoms with Gasteiger partial charge in [-0.05, 0) is 30.3 Å². The van der Waals surface area contributed by atoms with Crippen molar-refractivity contribution in [3.63, 3.8) is 0 Å². The van der Waals surface area contributed by atoms with Crippen LogP contribution >= 0.6 is 0 Å². The number of rotatable bonds is 1. The van der Waals surface area contributed by atoms with Gasteiger partial charge in [0.2, 0.25) is 5.56 Å². The molecule has 1 aromatic carbocycles. The van der Waals surface area contributed by atoms with Gasteiger partial charge in [-0.2, -0.15) is 5.26 Å². The van der Waals surface area contributed by atoms with Crippen LogP contribution < -0.4 is 5.56 Å². The first kappa shape index (κ1) is 10.4. The van der Waals surface area contributed by atoms with Crippen LogP contribution in [0.3, 0.4) is 0 Å². The van der Waals surface area contributed by atoms with Crippen LogP contribution in [0.1, 0.15) is 5.56 Å². The number of hydrogen-bond donors (Lipinski definition) is 1. The number of fused-ring (bicyclic) bond motifs is 1. The monoisotopic (exact) mass is 235 g/mol. The van der Waals surface area contributed by atoms with Crippen molar-refractivity contribution in [3.8, 4) is 11.8 Å². The second kappa shape index (κ2) is 3.90. The zero-order valence-corrected chi connectivity index (χ0v) is 9.42. The largest absolute Gasteiger partial charge is 0.323 e. The third-order valence-corrected chi connectivity index (χ3v) is 2.84. The van der Waals surface area contributed by atoms with Crippen molar-refractivity contribution >= 4 is 10.9 Å². The van der Waals surface area contributed by atoms with Crippen LogP contribution in [0, 0.1) is 11.3 Å². The minimum absolute atomic E-state index is 0.167. The Morgan fingerprint density at radius 2 is 1.94 bits per heavy atom. The Balaban J connectivity index is 2.36. The zero-order valence-electron chi connectivity index (χ0n) is 9.42. The van der Waals surface area contributed by atoms with Crippen molar-refractivity contribution in [1.29, 1.82) is 5.26 Å². The Labute approximate surface area is 103 Å². The molecule has 0 atom stereocenters. The molecular weight excluding hydrogens is 226 g/mol. The maximum Gasteiger partial charge on any atom is 0.248 e. The van der Waals surface area contributed by atoms with Gasteiger partial charge in [0.1, 0.15) is 6.07 Å². The quantitative estimate of drug-likeness (QED) is 0.702. The number of nitrogens with one attached hydrogen (secondary N) is 1. The van der Waals surface area contributed by atoms with Crippen molar-refractivity contribution in [1.82, 2.24) is 9.55 Å². The highest BCUT2D eigenvalue weighted by Gasteiger charge is 2.06. The summed E-state index contributed by atoms with van der Waals surface area (Å²) in [6.07, 6.45) is 3.77. The summed E-state index contributed by atoms with van der Waals surface area (Å²) >= 11 is 0. The van der Waals surface area contributed by atoms with Gasteiger partial charge in [0.15, 0.2) is 0 Å². The Morgan fingerprint density at radius 1 is 1.17 bits per heavy atom. The molecule has 2 aromatic heterocycles. The van der Waals surface area contributed by atoms with Crippen molar-refractivity contribution < 1.29 is 0 Å². The van der Waals surface area contributed by atoms with E-state index in [1.54, 1.807) is 12.1 Å². The summed E-state index contributed by atoms with van der Waals surface area (Å²) in [5, 5.41) is 10.1. The fourth-order valence-corrected chi connectivity index (χ4v) is 1.99. The third kappa shape index (κ3) is 1.59.